The maximum Gasteiger partial charge on any atom is 0.0524 e. The third-order valence-electron chi connectivity index (χ3n) is 1.44. The van der Waals surface area contributed by atoms with Crippen molar-refractivity contribution in [3.63, 3.8) is 0 Å². The summed E-state index contributed by atoms with van der Waals surface area (Å²) in [4.78, 5) is 0. The first-order valence-corrected chi connectivity index (χ1v) is 4.15. The molecular formula is C8H19NO2. The third kappa shape index (κ3) is 9.88. The molecule has 0 radical (unpaired) electrons. The molecule has 0 saturated heterocycles. The number of nitrogens with one attached hydrogen (secondary N) is 1. The van der Waals surface area contributed by atoms with Crippen LogP contribution in [0.2, 0.25) is 0 Å². The molecule has 0 aliphatic heterocycles. The van der Waals surface area contributed by atoms with Gasteiger partial charge >= 0.3 is 0 Å². The molecule has 0 rings (SSSR count). The predicted molar refractivity (Wildman–Crippen MR) is 45.7 cm³/mol. The van der Waals surface area contributed by atoms with E-state index in [9.17, 15) is 0 Å². The Labute approximate surface area is 68.8 Å². The van der Waals surface area contributed by atoms with Crippen molar-refractivity contribution >= 4 is 0 Å². The lowest BCUT2D eigenvalue weighted by molar-refractivity contribution is 0.180. The highest BCUT2D eigenvalue weighted by Crippen LogP contribution is 1.85. The van der Waals surface area contributed by atoms with Crippen LogP contribution in [0.3, 0.4) is 0 Å². The summed E-state index contributed by atoms with van der Waals surface area (Å²) in [5.41, 5.74) is 0. The summed E-state index contributed by atoms with van der Waals surface area (Å²) in [6, 6.07) is 0. The van der Waals surface area contributed by atoms with Gasteiger partial charge in [-0.25, -0.2) is 0 Å². The van der Waals surface area contributed by atoms with E-state index in [-0.39, 0.29) is 6.10 Å². The summed E-state index contributed by atoms with van der Waals surface area (Å²) in [7, 11) is 1.70. The molecule has 0 heterocycles. The standard InChI is InChI=1S/C8H19NO2/c1-8(10)4-6-9-5-3-7-11-2/h8-10H,3-7H2,1-2H3. The number of ether oxygens (including phenoxy) is 1. The van der Waals surface area contributed by atoms with Crippen molar-refractivity contribution in [1.82, 2.24) is 5.32 Å². The van der Waals surface area contributed by atoms with E-state index in [0.29, 0.717) is 0 Å². The van der Waals surface area contributed by atoms with E-state index in [0.717, 1.165) is 32.5 Å². The van der Waals surface area contributed by atoms with Crippen LogP contribution in [-0.4, -0.2) is 38.0 Å². The topological polar surface area (TPSA) is 41.5 Å². The smallest absolute Gasteiger partial charge is 0.0524 e. The van der Waals surface area contributed by atoms with Crippen molar-refractivity contribution in [3.05, 3.63) is 0 Å². The maximum absolute atomic E-state index is 8.89. The Balaban J connectivity index is 2.80. The van der Waals surface area contributed by atoms with E-state index in [1.54, 1.807) is 14.0 Å². The highest BCUT2D eigenvalue weighted by Gasteiger charge is 1.93. The second-order valence-corrected chi connectivity index (χ2v) is 2.73. The average Bonchev–Trinajstić information content (AvgIpc) is 1.96. The van der Waals surface area contributed by atoms with Gasteiger partial charge in [-0.3, -0.25) is 0 Å². The number of rotatable bonds is 7. The van der Waals surface area contributed by atoms with Gasteiger partial charge in [0.2, 0.25) is 0 Å². The molecule has 0 bridgehead atoms. The van der Waals surface area contributed by atoms with Crippen molar-refractivity contribution in [1.29, 1.82) is 0 Å². The van der Waals surface area contributed by atoms with Gasteiger partial charge < -0.3 is 15.2 Å². The quantitative estimate of drug-likeness (QED) is 0.530. The van der Waals surface area contributed by atoms with Crippen LogP contribution in [0.25, 0.3) is 0 Å². The van der Waals surface area contributed by atoms with Gasteiger partial charge in [0.05, 0.1) is 6.10 Å². The van der Waals surface area contributed by atoms with Gasteiger partial charge in [0.15, 0.2) is 0 Å². The Kier molecular flexibility index (Phi) is 7.89. The van der Waals surface area contributed by atoms with Gasteiger partial charge in [-0.05, 0) is 32.9 Å². The minimum Gasteiger partial charge on any atom is -0.393 e. The van der Waals surface area contributed by atoms with E-state index in [4.69, 9.17) is 9.84 Å². The van der Waals surface area contributed by atoms with E-state index in [1.165, 1.54) is 0 Å². The lowest BCUT2D eigenvalue weighted by atomic mass is 10.3. The molecule has 3 nitrogen and oxygen atoms in total. The summed E-state index contributed by atoms with van der Waals surface area (Å²) in [5, 5.41) is 12.1. The molecule has 0 saturated carbocycles. The molecule has 68 valence electrons. The molecule has 11 heavy (non-hydrogen) atoms. The van der Waals surface area contributed by atoms with Crippen LogP contribution in [0, 0.1) is 0 Å². The van der Waals surface area contributed by atoms with Crippen LogP contribution >= 0.6 is 0 Å². The Morgan fingerprint density at radius 1 is 1.45 bits per heavy atom. The Hall–Kier alpha value is -0.120. The van der Waals surface area contributed by atoms with Crippen molar-refractivity contribution in [3.8, 4) is 0 Å². The fourth-order valence-electron chi connectivity index (χ4n) is 0.777. The summed E-state index contributed by atoms with van der Waals surface area (Å²) in [6.45, 7) is 4.47. The lowest BCUT2D eigenvalue weighted by Gasteiger charge is -2.05. The number of aliphatic hydroxyl groups excluding tert-OH is 1. The zero-order valence-electron chi connectivity index (χ0n) is 7.47. The fraction of sp³-hybridized carbons (Fsp3) is 1.00. The number of hydrogen-bond donors (Lipinski definition) is 2. The number of methoxy groups -OCH3 is 1. The maximum atomic E-state index is 8.89. The van der Waals surface area contributed by atoms with Crippen molar-refractivity contribution in [2.45, 2.75) is 25.9 Å². The summed E-state index contributed by atoms with van der Waals surface area (Å²) >= 11 is 0. The minimum atomic E-state index is -0.190. The number of hydrogen-bond acceptors (Lipinski definition) is 3. The summed E-state index contributed by atoms with van der Waals surface area (Å²) < 4.78 is 4.88. The van der Waals surface area contributed by atoms with Crippen molar-refractivity contribution in [2.75, 3.05) is 26.8 Å². The van der Waals surface area contributed by atoms with Crippen molar-refractivity contribution < 1.29 is 9.84 Å². The van der Waals surface area contributed by atoms with Crippen LogP contribution in [-0.2, 0) is 4.74 Å². The first-order valence-electron chi connectivity index (χ1n) is 4.15. The molecule has 0 aliphatic rings. The van der Waals surface area contributed by atoms with E-state index < -0.39 is 0 Å². The van der Waals surface area contributed by atoms with Crippen molar-refractivity contribution in [2.24, 2.45) is 0 Å². The fourth-order valence-corrected chi connectivity index (χ4v) is 0.777. The first kappa shape index (κ1) is 10.9. The van der Waals surface area contributed by atoms with Gasteiger partial charge in [-0.15, -0.1) is 0 Å². The molecule has 1 atom stereocenters. The molecule has 2 N–H and O–H groups in total. The van der Waals surface area contributed by atoms with Gasteiger partial charge in [0, 0.05) is 13.7 Å². The highest BCUT2D eigenvalue weighted by molar-refractivity contribution is 4.51. The molecule has 3 heteroatoms. The molecule has 0 fully saturated rings. The van der Waals surface area contributed by atoms with E-state index in [2.05, 4.69) is 5.32 Å². The summed E-state index contributed by atoms with van der Waals surface area (Å²) in [5.74, 6) is 0. The monoisotopic (exact) mass is 161 g/mol. The van der Waals surface area contributed by atoms with Crippen LogP contribution < -0.4 is 5.32 Å². The van der Waals surface area contributed by atoms with Gasteiger partial charge in [-0.1, -0.05) is 0 Å². The van der Waals surface area contributed by atoms with Gasteiger partial charge in [-0.2, -0.15) is 0 Å². The van der Waals surface area contributed by atoms with Crippen LogP contribution in [0.5, 0.6) is 0 Å². The van der Waals surface area contributed by atoms with Gasteiger partial charge in [0.1, 0.15) is 0 Å². The minimum absolute atomic E-state index is 0.190. The molecule has 0 aromatic carbocycles. The van der Waals surface area contributed by atoms with E-state index >= 15 is 0 Å². The largest absolute Gasteiger partial charge is 0.393 e. The second kappa shape index (κ2) is 7.98. The zero-order chi connectivity index (χ0) is 8.53. The Morgan fingerprint density at radius 2 is 2.18 bits per heavy atom. The summed E-state index contributed by atoms with van der Waals surface area (Å²) in [6.07, 6.45) is 1.67. The zero-order valence-corrected chi connectivity index (χ0v) is 7.47. The van der Waals surface area contributed by atoms with E-state index in [1.807, 2.05) is 0 Å². The molecule has 0 aromatic rings. The van der Waals surface area contributed by atoms with Gasteiger partial charge in [0.25, 0.3) is 0 Å². The second-order valence-electron chi connectivity index (χ2n) is 2.73. The third-order valence-corrected chi connectivity index (χ3v) is 1.44. The highest BCUT2D eigenvalue weighted by atomic mass is 16.5. The average molecular weight is 161 g/mol. The first-order chi connectivity index (χ1) is 5.27. The molecule has 0 amide bonds. The lowest BCUT2D eigenvalue weighted by Crippen LogP contribution is -2.20. The van der Waals surface area contributed by atoms with Crippen LogP contribution in [0.15, 0.2) is 0 Å². The Morgan fingerprint density at radius 3 is 2.73 bits per heavy atom. The molecule has 0 spiro atoms. The molecule has 1 unspecified atom stereocenters. The molecule has 0 aliphatic carbocycles. The van der Waals surface area contributed by atoms with Crippen LogP contribution in [0.1, 0.15) is 19.8 Å². The SMILES string of the molecule is COCCCNCCC(C)O. The predicted octanol–water partition coefficient (Wildman–Crippen LogP) is 0.383. The molecule has 0 aromatic heterocycles. The normalized spacial score (nSPS) is 13.4. The molecular weight excluding hydrogens is 142 g/mol. The number of aliphatic hydroxyl groups is 1. The Bertz CT molecular complexity index is 76.5. The van der Waals surface area contributed by atoms with Crippen LogP contribution in [0.4, 0.5) is 0 Å².